The number of fused-ring (bicyclic) bond motifs is 1. The second kappa shape index (κ2) is 5.90. The van der Waals surface area contributed by atoms with Crippen molar-refractivity contribution in [2.24, 2.45) is 0 Å². The van der Waals surface area contributed by atoms with Crippen molar-refractivity contribution in [3.63, 3.8) is 0 Å². The van der Waals surface area contributed by atoms with Gasteiger partial charge in [0, 0.05) is 22.1 Å². The molecule has 108 valence electrons. The van der Waals surface area contributed by atoms with E-state index < -0.39 is 0 Å². The number of rotatable bonds is 4. The molecule has 0 aliphatic rings. The lowest BCUT2D eigenvalue weighted by atomic mass is 10.2. The molecule has 3 rings (SSSR count). The number of hydrogen-bond donors (Lipinski definition) is 1. The highest BCUT2D eigenvalue weighted by Crippen LogP contribution is 2.27. The Morgan fingerprint density at radius 2 is 1.95 bits per heavy atom. The first-order valence-corrected chi connectivity index (χ1v) is 7.93. The highest BCUT2D eigenvalue weighted by atomic mass is 79.9. The van der Waals surface area contributed by atoms with E-state index in [0.717, 1.165) is 28.9 Å². The molecule has 0 unspecified atom stereocenters. The lowest BCUT2D eigenvalue weighted by Crippen LogP contribution is -2.03. The molecule has 0 amide bonds. The van der Waals surface area contributed by atoms with Crippen LogP contribution in [-0.4, -0.2) is 9.78 Å². The van der Waals surface area contributed by atoms with E-state index in [9.17, 15) is 0 Å². The van der Waals surface area contributed by atoms with Gasteiger partial charge in [0.25, 0.3) is 0 Å². The maximum absolute atomic E-state index is 4.71. The summed E-state index contributed by atoms with van der Waals surface area (Å²) in [4.78, 5) is 0. The van der Waals surface area contributed by atoms with E-state index in [-0.39, 0.29) is 0 Å². The Kier molecular flexibility index (Phi) is 3.97. The van der Waals surface area contributed by atoms with Crippen LogP contribution in [0, 0.1) is 6.92 Å². The van der Waals surface area contributed by atoms with Crippen LogP contribution in [0.15, 0.2) is 46.9 Å². The van der Waals surface area contributed by atoms with Gasteiger partial charge in [-0.25, -0.2) is 0 Å². The summed E-state index contributed by atoms with van der Waals surface area (Å²) in [6.07, 6.45) is 0. The van der Waals surface area contributed by atoms with Crippen molar-refractivity contribution in [3.05, 3.63) is 58.2 Å². The van der Waals surface area contributed by atoms with Crippen LogP contribution in [-0.2, 0) is 13.1 Å². The van der Waals surface area contributed by atoms with Crippen LogP contribution in [0.3, 0.4) is 0 Å². The summed E-state index contributed by atoms with van der Waals surface area (Å²) < 4.78 is 3.17. The minimum Gasteiger partial charge on any atom is -0.378 e. The molecule has 0 spiro atoms. The molecule has 1 heterocycles. The lowest BCUT2D eigenvalue weighted by Gasteiger charge is -2.09. The number of aromatic nitrogens is 2. The van der Waals surface area contributed by atoms with E-state index in [4.69, 9.17) is 5.10 Å². The van der Waals surface area contributed by atoms with Crippen molar-refractivity contribution in [2.45, 2.75) is 26.9 Å². The molecule has 21 heavy (non-hydrogen) atoms. The van der Waals surface area contributed by atoms with Crippen LogP contribution in [0.5, 0.6) is 0 Å². The second-order valence-corrected chi connectivity index (χ2v) is 5.86. The van der Waals surface area contributed by atoms with Gasteiger partial charge in [0.05, 0.1) is 17.8 Å². The molecule has 0 fully saturated rings. The first-order chi connectivity index (χ1) is 10.2. The maximum Gasteiger partial charge on any atom is 0.0894 e. The standard InChI is InChI=1S/C17H18BrN3/c1-3-21-16-10-5-4-8-13(16)15(20-21)11-19-14-9-6-7-12(2)17(14)18/h4-10,19H,3,11H2,1-2H3. The molecule has 0 atom stereocenters. The molecule has 0 bridgehead atoms. The van der Waals surface area contributed by atoms with Crippen LogP contribution in [0.4, 0.5) is 5.69 Å². The summed E-state index contributed by atoms with van der Waals surface area (Å²) in [5.41, 5.74) is 4.61. The zero-order valence-corrected chi connectivity index (χ0v) is 13.8. The fourth-order valence-corrected chi connectivity index (χ4v) is 2.94. The fourth-order valence-electron chi connectivity index (χ4n) is 2.53. The lowest BCUT2D eigenvalue weighted by molar-refractivity contribution is 0.671. The second-order valence-electron chi connectivity index (χ2n) is 5.07. The summed E-state index contributed by atoms with van der Waals surface area (Å²) in [6.45, 7) is 5.81. The van der Waals surface area contributed by atoms with Crippen LogP contribution in [0.1, 0.15) is 18.2 Å². The van der Waals surface area contributed by atoms with Crippen molar-refractivity contribution in [3.8, 4) is 0 Å². The van der Waals surface area contributed by atoms with Crippen LogP contribution in [0.25, 0.3) is 10.9 Å². The summed E-state index contributed by atoms with van der Waals surface area (Å²) in [6, 6.07) is 14.6. The number of benzene rings is 2. The first-order valence-electron chi connectivity index (χ1n) is 7.14. The van der Waals surface area contributed by atoms with Gasteiger partial charge in [0.1, 0.15) is 0 Å². The fraction of sp³-hybridized carbons (Fsp3) is 0.235. The topological polar surface area (TPSA) is 29.9 Å². The highest BCUT2D eigenvalue weighted by Gasteiger charge is 2.09. The van der Waals surface area contributed by atoms with Crippen LogP contribution in [0.2, 0.25) is 0 Å². The molecule has 0 aliphatic heterocycles. The average Bonchev–Trinajstić information content (AvgIpc) is 2.87. The number of para-hydroxylation sites is 1. The number of aryl methyl sites for hydroxylation is 2. The summed E-state index contributed by atoms with van der Waals surface area (Å²) in [5, 5.41) is 9.41. The highest BCUT2D eigenvalue weighted by molar-refractivity contribution is 9.10. The minimum absolute atomic E-state index is 0.718. The molecule has 3 aromatic rings. The largest absolute Gasteiger partial charge is 0.378 e. The van der Waals surface area contributed by atoms with E-state index in [1.807, 2.05) is 0 Å². The Morgan fingerprint density at radius 3 is 2.76 bits per heavy atom. The van der Waals surface area contributed by atoms with E-state index in [1.165, 1.54) is 16.5 Å². The summed E-state index contributed by atoms with van der Waals surface area (Å²) >= 11 is 3.63. The van der Waals surface area contributed by atoms with Gasteiger partial charge >= 0.3 is 0 Å². The number of nitrogens with one attached hydrogen (secondary N) is 1. The zero-order chi connectivity index (χ0) is 14.8. The predicted molar refractivity (Wildman–Crippen MR) is 91.6 cm³/mol. The van der Waals surface area contributed by atoms with Gasteiger partial charge < -0.3 is 5.32 Å². The normalized spacial score (nSPS) is 11.0. The van der Waals surface area contributed by atoms with Gasteiger partial charge in [-0.05, 0) is 47.5 Å². The Balaban J connectivity index is 1.90. The quantitative estimate of drug-likeness (QED) is 0.741. The molecular weight excluding hydrogens is 326 g/mol. The van der Waals surface area contributed by atoms with E-state index in [1.54, 1.807) is 0 Å². The third-order valence-corrected chi connectivity index (χ3v) is 4.72. The number of hydrogen-bond acceptors (Lipinski definition) is 2. The van der Waals surface area contributed by atoms with Crippen molar-refractivity contribution in [1.29, 1.82) is 0 Å². The third-order valence-electron chi connectivity index (χ3n) is 3.67. The van der Waals surface area contributed by atoms with Gasteiger partial charge in [0.15, 0.2) is 0 Å². The average molecular weight is 344 g/mol. The number of nitrogens with zero attached hydrogens (tertiary/aromatic N) is 2. The van der Waals surface area contributed by atoms with Gasteiger partial charge in [-0.2, -0.15) is 5.10 Å². The van der Waals surface area contributed by atoms with Crippen LogP contribution < -0.4 is 5.32 Å². The Bertz CT molecular complexity index is 777. The monoisotopic (exact) mass is 343 g/mol. The molecule has 3 nitrogen and oxygen atoms in total. The molecule has 1 N–H and O–H groups in total. The van der Waals surface area contributed by atoms with E-state index in [2.05, 4.69) is 82.2 Å². The molecule has 0 saturated heterocycles. The SMILES string of the molecule is CCn1nc(CNc2cccc(C)c2Br)c2ccccc21. The van der Waals surface area contributed by atoms with E-state index in [0.29, 0.717) is 0 Å². The van der Waals surface area contributed by atoms with Gasteiger partial charge in [-0.3, -0.25) is 4.68 Å². The molecule has 0 saturated carbocycles. The van der Waals surface area contributed by atoms with E-state index >= 15 is 0 Å². The Hall–Kier alpha value is -1.81. The van der Waals surface area contributed by atoms with Gasteiger partial charge in [0.2, 0.25) is 0 Å². The molecule has 4 heteroatoms. The number of halogens is 1. The Labute approximate surface area is 133 Å². The molecule has 0 aliphatic carbocycles. The third kappa shape index (κ3) is 2.68. The minimum atomic E-state index is 0.718. The maximum atomic E-state index is 4.71. The smallest absolute Gasteiger partial charge is 0.0894 e. The van der Waals surface area contributed by atoms with Crippen molar-refractivity contribution in [1.82, 2.24) is 9.78 Å². The molecular formula is C17H18BrN3. The predicted octanol–water partition coefficient (Wildman–Crippen LogP) is 4.74. The van der Waals surface area contributed by atoms with Crippen molar-refractivity contribution in [2.75, 3.05) is 5.32 Å². The summed E-state index contributed by atoms with van der Waals surface area (Å²) in [7, 11) is 0. The molecule has 0 radical (unpaired) electrons. The molecule has 2 aromatic carbocycles. The first kappa shape index (κ1) is 14.1. The van der Waals surface area contributed by atoms with Gasteiger partial charge in [-0.15, -0.1) is 0 Å². The van der Waals surface area contributed by atoms with Gasteiger partial charge in [-0.1, -0.05) is 30.3 Å². The molecule has 1 aromatic heterocycles. The zero-order valence-electron chi connectivity index (χ0n) is 12.2. The Morgan fingerprint density at radius 1 is 1.14 bits per heavy atom. The van der Waals surface area contributed by atoms with Crippen molar-refractivity contribution >= 4 is 32.5 Å². The van der Waals surface area contributed by atoms with Crippen molar-refractivity contribution < 1.29 is 0 Å². The summed E-state index contributed by atoms with van der Waals surface area (Å²) in [5.74, 6) is 0. The number of anilines is 1. The van der Waals surface area contributed by atoms with Crippen LogP contribution >= 0.6 is 15.9 Å².